The van der Waals surface area contributed by atoms with Gasteiger partial charge in [-0.15, -0.1) is 0 Å². The Hall–Kier alpha value is -4.02. The lowest BCUT2D eigenvalue weighted by Gasteiger charge is -2.36. The Balaban J connectivity index is 1.42. The maximum atomic E-state index is 13.0. The summed E-state index contributed by atoms with van der Waals surface area (Å²) in [6, 6.07) is 39.7. The molecule has 2 aliphatic rings. The summed E-state index contributed by atoms with van der Waals surface area (Å²) in [6.45, 7) is 14.5. The van der Waals surface area contributed by atoms with E-state index in [1.54, 1.807) is 40.0 Å². The predicted molar refractivity (Wildman–Crippen MR) is 246 cm³/mol. The molecule has 6 aromatic rings. The van der Waals surface area contributed by atoms with E-state index in [1.165, 1.54) is 16.5 Å². The molecule has 0 bridgehead atoms. The van der Waals surface area contributed by atoms with Gasteiger partial charge in [0.25, 0.3) is 0 Å². The summed E-state index contributed by atoms with van der Waals surface area (Å²) in [5.41, 5.74) is 11.2. The molecule has 0 heterocycles. The Morgan fingerprint density at radius 3 is 1.32 bits per heavy atom. The highest BCUT2D eigenvalue weighted by Crippen LogP contribution is 2.54. The van der Waals surface area contributed by atoms with Gasteiger partial charge in [-0.05, 0) is 126 Å². The highest BCUT2D eigenvalue weighted by molar-refractivity contribution is 7.71. The normalized spacial score (nSPS) is 16.9. The van der Waals surface area contributed by atoms with Crippen molar-refractivity contribution in [2.24, 2.45) is 0 Å². The molecular weight excluding hydrogens is 764 g/mol. The monoisotopic (exact) mass is 812 g/mol. The zero-order valence-corrected chi connectivity index (χ0v) is 36.9. The van der Waals surface area contributed by atoms with Crippen LogP contribution in [0.3, 0.4) is 0 Å². The largest absolute Gasteiger partial charge is 0.319 e. The SMILES string of the molecule is CP(C)(=O)c1ccc(C2=CC(c3ccc(P(C)(C)=O)cc3)C3C=Cc4c(-c5ccc(P(C)(C)=O)cc5)cc(-c5ccc(P(C)(C)=O)cc5)c5ccc2c3c45)cc1. The zero-order valence-electron chi connectivity index (χ0n) is 33.3. The van der Waals surface area contributed by atoms with E-state index in [9.17, 15) is 18.3 Å². The molecule has 4 nitrogen and oxygen atoms in total. The third-order valence-electron chi connectivity index (χ3n) is 11.5. The average Bonchev–Trinajstić information content (AvgIpc) is 3.15. The number of hydrogen-bond donors (Lipinski definition) is 0. The molecule has 2 atom stereocenters. The fourth-order valence-corrected chi connectivity index (χ4v) is 11.8. The van der Waals surface area contributed by atoms with E-state index in [2.05, 4.69) is 85.0 Å². The second-order valence-electron chi connectivity index (χ2n) is 17.0. The van der Waals surface area contributed by atoms with Crippen molar-refractivity contribution in [3.05, 3.63) is 155 Å². The summed E-state index contributed by atoms with van der Waals surface area (Å²) >= 11 is 0. The van der Waals surface area contributed by atoms with Gasteiger partial charge in [-0.3, -0.25) is 0 Å². The maximum absolute atomic E-state index is 13.0. The minimum atomic E-state index is -2.44. The van der Waals surface area contributed by atoms with Gasteiger partial charge >= 0.3 is 0 Å². The van der Waals surface area contributed by atoms with Gasteiger partial charge in [-0.1, -0.05) is 127 Å². The molecule has 8 heteroatoms. The van der Waals surface area contributed by atoms with Crippen molar-refractivity contribution in [1.29, 1.82) is 0 Å². The van der Waals surface area contributed by atoms with Gasteiger partial charge in [0.15, 0.2) is 0 Å². The number of benzene rings is 6. The molecule has 0 aliphatic heterocycles. The first kappa shape index (κ1) is 38.8. The van der Waals surface area contributed by atoms with Gasteiger partial charge in [-0.2, -0.15) is 0 Å². The second kappa shape index (κ2) is 13.8. The molecule has 8 rings (SSSR count). The fourth-order valence-electron chi connectivity index (χ4n) is 8.38. The molecule has 0 spiro atoms. The van der Waals surface area contributed by atoms with E-state index in [0.29, 0.717) is 0 Å². The van der Waals surface area contributed by atoms with Gasteiger partial charge in [0.05, 0.1) is 0 Å². The van der Waals surface area contributed by atoms with Crippen molar-refractivity contribution in [1.82, 2.24) is 0 Å². The Morgan fingerprint density at radius 1 is 0.429 bits per heavy atom. The summed E-state index contributed by atoms with van der Waals surface area (Å²) in [7, 11) is -9.76. The van der Waals surface area contributed by atoms with Crippen LogP contribution in [0, 0.1) is 0 Å². The molecule has 284 valence electrons. The van der Waals surface area contributed by atoms with E-state index in [0.717, 1.165) is 71.1 Å². The molecule has 56 heavy (non-hydrogen) atoms. The van der Waals surface area contributed by atoms with E-state index in [-0.39, 0.29) is 11.8 Å². The van der Waals surface area contributed by atoms with Crippen LogP contribution in [-0.2, 0) is 18.3 Å². The fraction of sp³-hybridized carbons (Fsp3) is 0.208. The summed E-state index contributed by atoms with van der Waals surface area (Å²) in [5, 5.41) is 5.76. The molecule has 0 saturated heterocycles. The average molecular weight is 813 g/mol. The van der Waals surface area contributed by atoms with Crippen molar-refractivity contribution in [2.45, 2.75) is 11.8 Å². The number of hydrogen-bond acceptors (Lipinski definition) is 4. The lowest BCUT2D eigenvalue weighted by atomic mass is 9.67. The molecule has 0 fully saturated rings. The first-order valence-electron chi connectivity index (χ1n) is 19.0. The Morgan fingerprint density at radius 2 is 0.857 bits per heavy atom. The standard InChI is InChI=1S/C48H48O4P4/c1-53(2,49)35-17-9-31(10-18-35)43-29-44(32-11-19-36(20-12-32)54(3,4)50)40-27-28-42-46(34-15-23-38(24-16-34)56(7,8)52)30-45(41-26-25-39(43)47(40)48(41)42)33-13-21-37(22-14-33)55(5,6)51/h9-30,39,43H,1-8H3. The van der Waals surface area contributed by atoms with Crippen molar-refractivity contribution < 1.29 is 18.3 Å². The van der Waals surface area contributed by atoms with Crippen LogP contribution in [0.1, 0.15) is 39.7 Å². The minimum absolute atomic E-state index is 0.00467. The second-order valence-corrected chi connectivity index (χ2v) is 29.8. The van der Waals surface area contributed by atoms with Crippen LogP contribution in [0.2, 0.25) is 0 Å². The summed E-state index contributed by atoms with van der Waals surface area (Å²) in [4.78, 5) is 0. The third kappa shape index (κ3) is 7.10. The third-order valence-corrected chi connectivity index (χ3v) is 17.7. The highest BCUT2D eigenvalue weighted by atomic mass is 31.2. The van der Waals surface area contributed by atoms with Crippen LogP contribution in [0.25, 0.3) is 44.7 Å². The quantitative estimate of drug-likeness (QED) is 0.144. The summed E-state index contributed by atoms with van der Waals surface area (Å²) in [5.74, 6) is 0.0246. The zero-order chi connectivity index (χ0) is 39.9. The van der Waals surface area contributed by atoms with E-state index in [4.69, 9.17) is 0 Å². The molecule has 0 aromatic heterocycles. The van der Waals surface area contributed by atoms with Crippen LogP contribution in [-0.4, -0.2) is 53.3 Å². The van der Waals surface area contributed by atoms with E-state index >= 15 is 0 Å². The summed E-state index contributed by atoms with van der Waals surface area (Å²) < 4.78 is 52.1. The smallest absolute Gasteiger partial charge is 0.109 e. The van der Waals surface area contributed by atoms with Gasteiger partial charge in [0, 0.05) is 33.1 Å². The topological polar surface area (TPSA) is 68.3 Å². The van der Waals surface area contributed by atoms with Crippen LogP contribution in [0.5, 0.6) is 0 Å². The molecule has 0 saturated carbocycles. The van der Waals surface area contributed by atoms with Crippen molar-refractivity contribution in [3.63, 3.8) is 0 Å². The van der Waals surface area contributed by atoms with Gasteiger partial charge in [0.2, 0.25) is 0 Å². The number of rotatable bonds is 8. The molecule has 0 amide bonds. The molecule has 6 aromatic carbocycles. The van der Waals surface area contributed by atoms with Gasteiger partial charge in [-0.25, -0.2) is 0 Å². The Labute approximate surface area is 331 Å². The number of allylic oxidation sites excluding steroid dienone is 2. The van der Waals surface area contributed by atoms with Crippen molar-refractivity contribution in [2.75, 3.05) is 53.3 Å². The Kier molecular flexibility index (Phi) is 9.59. The lowest BCUT2D eigenvalue weighted by molar-refractivity contribution is 0.587. The highest BCUT2D eigenvalue weighted by Gasteiger charge is 2.35. The first-order chi connectivity index (χ1) is 26.3. The molecule has 2 aliphatic carbocycles. The van der Waals surface area contributed by atoms with Crippen molar-refractivity contribution in [3.8, 4) is 22.3 Å². The van der Waals surface area contributed by atoms with Crippen LogP contribution >= 0.6 is 28.6 Å². The first-order valence-corrected chi connectivity index (χ1v) is 29.4. The molecule has 0 radical (unpaired) electrons. The van der Waals surface area contributed by atoms with Crippen molar-refractivity contribution >= 4 is 72.2 Å². The van der Waals surface area contributed by atoms with Gasteiger partial charge < -0.3 is 18.3 Å². The van der Waals surface area contributed by atoms with E-state index in [1.807, 2.05) is 61.9 Å². The summed E-state index contributed by atoms with van der Waals surface area (Å²) in [6.07, 6.45) is 7.02. The van der Waals surface area contributed by atoms with E-state index < -0.39 is 28.6 Å². The van der Waals surface area contributed by atoms with Crippen LogP contribution < -0.4 is 21.2 Å². The van der Waals surface area contributed by atoms with Crippen LogP contribution in [0.15, 0.2) is 127 Å². The molecule has 2 unspecified atom stereocenters. The Bertz CT molecular complexity index is 2810. The molecular formula is C48H48O4P4. The molecule has 0 N–H and O–H groups in total. The minimum Gasteiger partial charge on any atom is -0.319 e. The predicted octanol–water partition coefficient (Wildman–Crippen LogP) is 11.5. The maximum Gasteiger partial charge on any atom is 0.109 e. The lowest BCUT2D eigenvalue weighted by Crippen LogP contribution is -2.19. The van der Waals surface area contributed by atoms with Gasteiger partial charge in [0.1, 0.15) is 28.6 Å². The van der Waals surface area contributed by atoms with Crippen LogP contribution in [0.4, 0.5) is 0 Å².